The predicted octanol–water partition coefficient (Wildman–Crippen LogP) is 4.47. The minimum absolute atomic E-state index is 0.0708. The Bertz CT molecular complexity index is 753. The molecule has 0 saturated heterocycles. The Morgan fingerprint density at radius 1 is 1.12 bits per heavy atom. The minimum Gasteiger partial charge on any atom is -0.482 e. The monoisotopic (exact) mass is 376 g/mol. The van der Waals surface area contributed by atoms with Gasteiger partial charge in [-0.1, -0.05) is 23.7 Å². The van der Waals surface area contributed by atoms with E-state index in [9.17, 15) is 22.4 Å². The van der Waals surface area contributed by atoms with Crippen LogP contribution in [0.1, 0.15) is 0 Å². The van der Waals surface area contributed by atoms with E-state index in [-0.39, 0.29) is 18.0 Å². The van der Waals surface area contributed by atoms with Crippen LogP contribution in [0.25, 0.3) is 0 Å². The van der Waals surface area contributed by atoms with Gasteiger partial charge in [-0.15, -0.1) is 0 Å². The van der Waals surface area contributed by atoms with Gasteiger partial charge in [0.1, 0.15) is 11.6 Å². The number of para-hydroxylation sites is 1. The van der Waals surface area contributed by atoms with Crippen molar-refractivity contribution >= 4 is 28.9 Å². The fourth-order valence-electron chi connectivity index (χ4n) is 1.86. The van der Waals surface area contributed by atoms with Gasteiger partial charge in [-0.3, -0.25) is 4.79 Å². The first-order valence-electron chi connectivity index (χ1n) is 7.02. The highest BCUT2D eigenvalue weighted by atomic mass is 35.5. The van der Waals surface area contributed by atoms with E-state index in [1.807, 2.05) is 0 Å². The Morgan fingerprint density at radius 2 is 1.84 bits per heavy atom. The number of rotatable bonds is 6. The third-order valence-electron chi connectivity index (χ3n) is 2.92. The van der Waals surface area contributed by atoms with Crippen LogP contribution in [0.5, 0.6) is 5.75 Å². The highest BCUT2D eigenvalue weighted by Gasteiger charge is 2.28. The van der Waals surface area contributed by atoms with E-state index in [4.69, 9.17) is 11.6 Å². The molecule has 2 N–H and O–H groups in total. The number of nitrogens with one attached hydrogen (secondary N) is 2. The van der Waals surface area contributed by atoms with Crippen LogP contribution in [0.3, 0.4) is 0 Å². The summed E-state index contributed by atoms with van der Waals surface area (Å²) >= 11 is 5.90. The maximum atomic E-state index is 13.3. The first kappa shape index (κ1) is 18.9. The first-order chi connectivity index (χ1) is 11.7. The molecule has 4 nitrogen and oxygen atoms in total. The van der Waals surface area contributed by atoms with Gasteiger partial charge in [0.15, 0.2) is 6.61 Å². The summed E-state index contributed by atoms with van der Waals surface area (Å²) < 4.78 is 54.7. The number of benzene rings is 2. The number of amides is 1. The normalized spacial score (nSPS) is 11.1. The van der Waals surface area contributed by atoms with Crippen molar-refractivity contribution in [2.24, 2.45) is 0 Å². The molecule has 2 aromatic carbocycles. The molecule has 25 heavy (non-hydrogen) atoms. The van der Waals surface area contributed by atoms with E-state index < -0.39 is 24.5 Å². The highest BCUT2D eigenvalue weighted by Crippen LogP contribution is 2.27. The summed E-state index contributed by atoms with van der Waals surface area (Å²) in [6.07, 6.45) is -4.53. The largest absolute Gasteiger partial charge is 0.482 e. The number of carbonyl (C=O) groups is 1. The molecular weight excluding hydrogens is 364 g/mol. The summed E-state index contributed by atoms with van der Waals surface area (Å²) in [7, 11) is 0. The van der Waals surface area contributed by atoms with Crippen LogP contribution in [-0.2, 0) is 4.79 Å². The minimum atomic E-state index is -4.53. The molecule has 0 aliphatic rings. The zero-order valence-corrected chi connectivity index (χ0v) is 13.4. The second-order valence-corrected chi connectivity index (χ2v) is 5.33. The lowest BCUT2D eigenvalue weighted by Crippen LogP contribution is -2.23. The number of halogens is 5. The van der Waals surface area contributed by atoms with Crippen LogP contribution in [0.15, 0.2) is 42.5 Å². The SMILES string of the molecule is O=C(CNc1cc(F)ccc1OCC(F)(F)F)Nc1ccccc1Cl. The van der Waals surface area contributed by atoms with Crippen LogP contribution in [-0.4, -0.2) is 25.2 Å². The van der Waals surface area contributed by atoms with Crippen LogP contribution >= 0.6 is 11.6 Å². The van der Waals surface area contributed by atoms with Gasteiger partial charge in [0.05, 0.1) is 22.9 Å². The van der Waals surface area contributed by atoms with E-state index >= 15 is 0 Å². The number of anilines is 2. The average Bonchev–Trinajstić information content (AvgIpc) is 2.53. The molecule has 0 unspecified atom stereocenters. The molecule has 0 bridgehead atoms. The quantitative estimate of drug-likeness (QED) is 0.731. The summed E-state index contributed by atoms with van der Waals surface area (Å²) in [6.45, 7) is -1.85. The Balaban J connectivity index is 2.00. The fraction of sp³-hybridized carbons (Fsp3) is 0.188. The Kier molecular flexibility index (Phi) is 6.08. The Hall–Kier alpha value is -2.48. The van der Waals surface area contributed by atoms with Crippen molar-refractivity contribution in [3.63, 3.8) is 0 Å². The molecule has 0 fully saturated rings. The van der Waals surface area contributed by atoms with Crippen molar-refractivity contribution in [3.8, 4) is 5.75 Å². The van der Waals surface area contributed by atoms with Gasteiger partial charge in [-0.25, -0.2) is 4.39 Å². The molecule has 9 heteroatoms. The molecule has 2 rings (SSSR count). The molecule has 1 amide bonds. The molecule has 0 heterocycles. The lowest BCUT2D eigenvalue weighted by atomic mass is 10.2. The van der Waals surface area contributed by atoms with E-state index in [0.717, 1.165) is 18.2 Å². The molecule has 0 atom stereocenters. The smallest absolute Gasteiger partial charge is 0.422 e. The van der Waals surface area contributed by atoms with Crippen LogP contribution in [0, 0.1) is 5.82 Å². The lowest BCUT2D eigenvalue weighted by Gasteiger charge is -2.15. The molecule has 0 aromatic heterocycles. The van der Waals surface area contributed by atoms with Crippen molar-refractivity contribution < 1.29 is 27.1 Å². The van der Waals surface area contributed by atoms with E-state index in [0.29, 0.717) is 10.7 Å². The van der Waals surface area contributed by atoms with Crippen molar-refractivity contribution in [3.05, 3.63) is 53.3 Å². The molecule has 0 aliphatic carbocycles. The van der Waals surface area contributed by atoms with Crippen LogP contribution < -0.4 is 15.4 Å². The topological polar surface area (TPSA) is 50.4 Å². The summed E-state index contributed by atoms with van der Waals surface area (Å²) in [6, 6.07) is 9.48. The second-order valence-electron chi connectivity index (χ2n) is 4.93. The molecule has 0 saturated carbocycles. The standard InChI is InChI=1S/C16H13ClF4N2O2/c17-11-3-1-2-4-12(11)23-15(24)8-22-13-7-10(18)5-6-14(13)25-9-16(19,20)21/h1-7,22H,8-9H2,(H,23,24). The number of hydrogen-bond donors (Lipinski definition) is 2. The van der Waals surface area contributed by atoms with Gasteiger partial charge < -0.3 is 15.4 Å². The van der Waals surface area contributed by atoms with Gasteiger partial charge in [0.2, 0.25) is 5.91 Å². The molecular formula is C16H13ClF4N2O2. The molecule has 0 radical (unpaired) electrons. The van der Waals surface area contributed by atoms with Crippen molar-refractivity contribution in [1.29, 1.82) is 0 Å². The van der Waals surface area contributed by atoms with Gasteiger partial charge in [-0.05, 0) is 24.3 Å². The maximum Gasteiger partial charge on any atom is 0.422 e. The molecule has 0 aliphatic heterocycles. The Labute approximate surface area is 145 Å². The molecule has 0 spiro atoms. The lowest BCUT2D eigenvalue weighted by molar-refractivity contribution is -0.153. The molecule has 2 aromatic rings. The van der Waals surface area contributed by atoms with Crippen LogP contribution in [0.2, 0.25) is 5.02 Å². The number of hydrogen-bond acceptors (Lipinski definition) is 3. The van der Waals surface area contributed by atoms with Crippen molar-refractivity contribution in [2.75, 3.05) is 23.8 Å². The molecule has 134 valence electrons. The van der Waals surface area contributed by atoms with Gasteiger partial charge in [0.25, 0.3) is 0 Å². The van der Waals surface area contributed by atoms with Gasteiger partial charge in [-0.2, -0.15) is 13.2 Å². The van der Waals surface area contributed by atoms with E-state index in [1.54, 1.807) is 24.3 Å². The Morgan fingerprint density at radius 3 is 2.52 bits per heavy atom. The van der Waals surface area contributed by atoms with E-state index in [2.05, 4.69) is 15.4 Å². The number of alkyl halides is 3. The summed E-state index contributed by atoms with van der Waals surface area (Å²) in [5.74, 6) is -1.42. The van der Waals surface area contributed by atoms with E-state index in [1.165, 1.54) is 0 Å². The third-order valence-corrected chi connectivity index (χ3v) is 3.25. The maximum absolute atomic E-state index is 13.3. The first-order valence-corrected chi connectivity index (χ1v) is 7.40. The van der Waals surface area contributed by atoms with Crippen molar-refractivity contribution in [1.82, 2.24) is 0 Å². The highest BCUT2D eigenvalue weighted by molar-refractivity contribution is 6.33. The third kappa shape index (κ3) is 6.15. The second kappa shape index (κ2) is 8.06. The number of ether oxygens (including phenoxy) is 1. The predicted molar refractivity (Wildman–Crippen MR) is 86.5 cm³/mol. The van der Waals surface area contributed by atoms with Gasteiger partial charge in [0, 0.05) is 6.07 Å². The summed E-state index contributed by atoms with van der Waals surface area (Å²) in [5, 5.41) is 5.39. The van der Waals surface area contributed by atoms with Crippen molar-refractivity contribution in [2.45, 2.75) is 6.18 Å². The fourth-order valence-corrected chi connectivity index (χ4v) is 2.04. The zero-order valence-electron chi connectivity index (χ0n) is 12.7. The summed E-state index contributed by atoms with van der Waals surface area (Å²) in [4.78, 5) is 11.9. The van der Waals surface area contributed by atoms with Crippen LogP contribution in [0.4, 0.5) is 28.9 Å². The number of carbonyl (C=O) groups excluding carboxylic acids is 1. The summed E-state index contributed by atoms with van der Waals surface area (Å²) in [5.41, 5.74) is 0.308. The zero-order chi connectivity index (χ0) is 18.4. The van der Waals surface area contributed by atoms with Gasteiger partial charge >= 0.3 is 6.18 Å². The average molecular weight is 377 g/mol.